The van der Waals surface area contributed by atoms with Crippen molar-refractivity contribution in [2.24, 2.45) is 0 Å². The van der Waals surface area contributed by atoms with Crippen LogP contribution in [-0.2, 0) is 10.0 Å². The summed E-state index contributed by atoms with van der Waals surface area (Å²) < 4.78 is 29.7. The molecule has 2 aromatic carbocycles. The predicted molar refractivity (Wildman–Crippen MR) is 103 cm³/mol. The number of nitrogens with zero attached hydrogens (tertiary/aromatic N) is 4. The van der Waals surface area contributed by atoms with Crippen LogP contribution in [0.25, 0.3) is 16.9 Å². The Bertz CT molecular complexity index is 1230. The van der Waals surface area contributed by atoms with Crippen molar-refractivity contribution in [3.05, 3.63) is 72.1 Å². The molecule has 0 fully saturated rings. The monoisotopic (exact) mass is 379 g/mol. The highest BCUT2D eigenvalue weighted by Gasteiger charge is 2.16. The molecular weight excluding hydrogens is 362 g/mol. The first-order valence-corrected chi connectivity index (χ1v) is 9.80. The number of aromatic nitrogens is 4. The van der Waals surface area contributed by atoms with Gasteiger partial charge in [0.2, 0.25) is 0 Å². The third kappa shape index (κ3) is 3.39. The summed E-state index contributed by atoms with van der Waals surface area (Å²) in [7, 11) is -3.71. The van der Waals surface area contributed by atoms with Gasteiger partial charge in [-0.05, 0) is 50.2 Å². The summed E-state index contributed by atoms with van der Waals surface area (Å²) in [5.74, 6) is 0.664. The molecule has 0 spiro atoms. The molecular formula is C19H17N5O2S. The van der Waals surface area contributed by atoms with E-state index in [-0.39, 0.29) is 4.90 Å². The van der Waals surface area contributed by atoms with Crippen LogP contribution in [0.1, 0.15) is 11.4 Å². The van der Waals surface area contributed by atoms with Crippen molar-refractivity contribution < 1.29 is 8.42 Å². The summed E-state index contributed by atoms with van der Waals surface area (Å²) in [6.07, 6.45) is 0. The molecule has 8 heteroatoms. The molecule has 4 aromatic rings. The van der Waals surface area contributed by atoms with E-state index in [1.54, 1.807) is 47.0 Å². The van der Waals surface area contributed by atoms with E-state index in [1.807, 2.05) is 32.0 Å². The molecule has 0 unspecified atom stereocenters. The summed E-state index contributed by atoms with van der Waals surface area (Å²) in [6.45, 7) is 3.76. The Balaban J connectivity index is 1.70. The fourth-order valence-electron chi connectivity index (χ4n) is 2.71. The van der Waals surface area contributed by atoms with Gasteiger partial charge in [-0.1, -0.05) is 29.8 Å². The number of anilines is 1. The van der Waals surface area contributed by atoms with E-state index in [4.69, 9.17) is 0 Å². The van der Waals surface area contributed by atoms with Gasteiger partial charge in [-0.2, -0.15) is 9.61 Å². The summed E-state index contributed by atoms with van der Waals surface area (Å²) >= 11 is 0. The Morgan fingerprint density at radius 3 is 2.48 bits per heavy atom. The highest BCUT2D eigenvalue weighted by molar-refractivity contribution is 7.92. The van der Waals surface area contributed by atoms with Crippen molar-refractivity contribution in [3.63, 3.8) is 0 Å². The van der Waals surface area contributed by atoms with Gasteiger partial charge >= 0.3 is 0 Å². The fourth-order valence-corrected chi connectivity index (χ4v) is 3.81. The molecule has 0 amide bonds. The third-order valence-electron chi connectivity index (χ3n) is 4.16. The van der Waals surface area contributed by atoms with Gasteiger partial charge in [-0.25, -0.2) is 8.42 Å². The number of nitrogens with one attached hydrogen (secondary N) is 1. The van der Waals surface area contributed by atoms with Gasteiger partial charge in [0.15, 0.2) is 11.5 Å². The van der Waals surface area contributed by atoms with Crippen molar-refractivity contribution in [2.75, 3.05) is 4.72 Å². The summed E-state index contributed by atoms with van der Waals surface area (Å²) in [4.78, 5) is 0.169. The van der Waals surface area contributed by atoms with Gasteiger partial charge in [0.05, 0.1) is 10.6 Å². The van der Waals surface area contributed by atoms with Gasteiger partial charge in [0.1, 0.15) is 0 Å². The molecule has 2 heterocycles. The minimum atomic E-state index is -3.71. The lowest BCUT2D eigenvalue weighted by molar-refractivity contribution is 0.601. The van der Waals surface area contributed by atoms with Crippen LogP contribution in [0.2, 0.25) is 0 Å². The van der Waals surface area contributed by atoms with E-state index in [1.165, 1.54) is 0 Å². The first-order valence-electron chi connectivity index (χ1n) is 8.31. The van der Waals surface area contributed by atoms with Crippen LogP contribution in [0.5, 0.6) is 0 Å². The number of aryl methyl sites for hydroxylation is 2. The van der Waals surface area contributed by atoms with Crippen molar-refractivity contribution in [3.8, 4) is 11.3 Å². The predicted octanol–water partition coefficient (Wildman–Crippen LogP) is 3.21. The second-order valence-electron chi connectivity index (χ2n) is 6.24. The van der Waals surface area contributed by atoms with Crippen LogP contribution in [0.3, 0.4) is 0 Å². The smallest absolute Gasteiger partial charge is 0.261 e. The first-order chi connectivity index (χ1) is 12.9. The highest BCUT2D eigenvalue weighted by Crippen LogP contribution is 2.23. The van der Waals surface area contributed by atoms with Crippen LogP contribution in [0.15, 0.2) is 65.6 Å². The Labute approximate surface area is 156 Å². The number of rotatable bonds is 4. The van der Waals surface area contributed by atoms with E-state index < -0.39 is 10.0 Å². The SMILES string of the molecule is Cc1ccc(NS(=O)(=O)c2cccc(-c3ccc4nnc(C)n4n3)c2)cc1. The number of sulfonamides is 1. The van der Waals surface area contributed by atoms with E-state index in [0.29, 0.717) is 28.4 Å². The molecule has 0 aliphatic carbocycles. The average molecular weight is 379 g/mol. The fraction of sp³-hybridized carbons (Fsp3) is 0.105. The summed E-state index contributed by atoms with van der Waals surface area (Å²) in [5.41, 5.74) is 3.55. The number of fused-ring (bicyclic) bond motifs is 1. The molecule has 0 saturated heterocycles. The molecule has 7 nitrogen and oxygen atoms in total. The van der Waals surface area contributed by atoms with Crippen molar-refractivity contribution >= 4 is 21.4 Å². The molecule has 0 saturated carbocycles. The summed E-state index contributed by atoms with van der Waals surface area (Å²) in [5, 5.41) is 12.5. The topological polar surface area (TPSA) is 89.2 Å². The number of hydrogen-bond donors (Lipinski definition) is 1. The minimum Gasteiger partial charge on any atom is -0.280 e. The van der Waals surface area contributed by atoms with Crippen LogP contribution < -0.4 is 4.72 Å². The zero-order chi connectivity index (χ0) is 19.0. The second-order valence-corrected chi connectivity index (χ2v) is 7.92. The van der Waals surface area contributed by atoms with Gasteiger partial charge in [0.25, 0.3) is 10.0 Å². The molecule has 0 bridgehead atoms. The lowest BCUT2D eigenvalue weighted by Gasteiger charge is -2.10. The largest absolute Gasteiger partial charge is 0.280 e. The molecule has 0 atom stereocenters. The molecule has 0 aliphatic heterocycles. The maximum Gasteiger partial charge on any atom is 0.261 e. The van der Waals surface area contributed by atoms with Gasteiger partial charge in [-0.3, -0.25) is 4.72 Å². The number of hydrogen-bond acceptors (Lipinski definition) is 5. The Morgan fingerprint density at radius 2 is 1.70 bits per heavy atom. The first kappa shape index (κ1) is 17.2. The lowest BCUT2D eigenvalue weighted by atomic mass is 10.1. The maximum atomic E-state index is 12.7. The maximum absolute atomic E-state index is 12.7. The normalized spacial score (nSPS) is 11.6. The highest BCUT2D eigenvalue weighted by atomic mass is 32.2. The molecule has 1 N–H and O–H groups in total. The quantitative estimate of drug-likeness (QED) is 0.588. The van der Waals surface area contributed by atoms with Crippen LogP contribution in [0.4, 0.5) is 5.69 Å². The molecule has 0 aliphatic rings. The average Bonchev–Trinajstić information content (AvgIpc) is 3.04. The second kappa shape index (κ2) is 6.48. The standard InChI is InChI=1S/C19H17N5O2S/c1-13-6-8-16(9-7-13)23-27(25,26)17-5-3-4-15(12-17)18-10-11-19-21-20-14(2)24(19)22-18/h3-12,23H,1-2H3. The van der Waals surface area contributed by atoms with E-state index in [2.05, 4.69) is 20.0 Å². The lowest BCUT2D eigenvalue weighted by Crippen LogP contribution is -2.13. The van der Waals surface area contributed by atoms with E-state index in [9.17, 15) is 8.42 Å². The minimum absolute atomic E-state index is 0.169. The van der Waals surface area contributed by atoms with Crippen LogP contribution >= 0.6 is 0 Å². The van der Waals surface area contributed by atoms with Gasteiger partial charge in [-0.15, -0.1) is 10.2 Å². The van der Waals surface area contributed by atoms with E-state index >= 15 is 0 Å². The molecule has 0 radical (unpaired) electrons. The van der Waals surface area contributed by atoms with Crippen molar-refractivity contribution in [1.29, 1.82) is 0 Å². The molecule has 27 heavy (non-hydrogen) atoms. The summed E-state index contributed by atoms with van der Waals surface area (Å²) in [6, 6.07) is 17.5. The Kier molecular flexibility index (Phi) is 4.12. The number of benzene rings is 2. The Hall–Kier alpha value is -3.26. The molecule has 2 aromatic heterocycles. The molecule has 136 valence electrons. The zero-order valence-electron chi connectivity index (χ0n) is 14.8. The van der Waals surface area contributed by atoms with Gasteiger partial charge < -0.3 is 0 Å². The van der Waals surface area contributed by atoms with Gasteiger partial charge in [0, 0.05) is 11.3 Å². The molecule has 4 rings (SSSR count). The van der Waals surface area contributed by atoms with Crippen LogP contribution in [0, 0.1) is 13.8 Å². The van der Waals surface area contributed by atoms with Crippen molar-refractivity contribution in [1.82, 2.24) is 19.8 Å². The van der Waals surface area contributed by atoms with E-state index in [0.717, 1.165) is 5.56 Å². The Morgan fingerprint density at radius 1 is 0.926 bits per heavy atom. The van der Waals surface area contributed by atoms with Crippen molar-refractivity contribution in [2.45, 2.75) is 18.7 Å². The zero-order valence-corrected chi connectivity index (χ0v) is 15.6. The van der Waals surface area contributed by atoms with Crippen LogP contribution in [-0.4, -0.2) is 28.2 Å². The third-order valence-corrected chi connectivity index (χ3v) is 5.54.